The average molecular weight is 450 g/mol. The normalized spacial score (nSPS) is 17.4. The van der Waals surface area contributed by atoms with Gasteiger partial charge in [0.2, 0.25) is 5.13 Å². The van der Waals surface area contributed by atoms with Crippen molar-refractivity contribution in [2.75, 3.05) is 6.54 Å². The molecule has 1 aliphatic heterocycles. The number of alkyl halides is 3. The highest BCUT2D eigenvalue weighted by atomic mass is 32.1. The van der Waals surface area contributed by atoms with Gasteiger partial charge in [0.05, 0.1) is 11.7 Å². The number of hydrogen-bond acceptors (Lipinski definition) is 5. The fourth-order valence-electron chi connectivity index (χ4n) is 3.73. The van der Waals surface area contributed by atoms with Crippen LogP contribution in [0.2, 0.25) is 0 Å². The second kappa shape index (κ2) is 8.41. The molecular weight excluding hydrogens is 427 g/mol. The van der Waals surface area contributed by atoms with Crippen molar-refractivity contribution in [3.63, 3.8) is 0 Å². The molecular formula is C21H22F3N5OS. The smallest absolute Gasteiger partial charge is 0.330 e. The molecule has 0 saturated carbocycles. The van der Waals surface area contributed by atoms with Gasteiger partial charge in [-0.1, -0.05) is 19.9 Å². The Morgan fingerprint density at radius 3 is 2.77 bits per heavy atom. The topological polar surface area (TPSA) is 63.9 Å². The van der Waals surface area contributed by atoms with E-state index >= 15 is 0 Å². The molecule has 0 aliphatic carbocycles. The summed E-state index contributed by atoms with van der Waals surface area (Å²) in [5.41, 5.74) is 0.503. The highest BCUT2D eigenvalue weighted by Crippen LogP contribution is 2.35. The minimum absolute atomic E-state index is 0.0255. The van der Waals surface area contributed by atoms with Gasteiger partial charge >= 0.3 is 6.18 Å². The minimum atomic E-state index is -4.58. The zero-order valence-electron chi connectivity index (χ0n) is 17.1. The molecule has 3 aromatic rings. The van der Waals surface area contributed by atoms with Crippen molar-refractivity contribution in [2.24, 2.45) is 0 Å². The van der Waals surface area contributed by atoms with E-state index in [0.29, 0.717) is 12.2 Å². The van der Waals surface area contributed by atoms with E-state index in [1.165, 1.54) is 5.38 Å². The molecule has 1 unspecified atom stereocenters. The molecule has 0 spiro atoms. The van der Waals surface area contributed by atoms with Gasteiger partial charge in [-0.25, -0.2) is 9.67 Å². The Balaban J connectivity index is 1.65. The molecule has 0 radical (unpaired) electrons. The summed E-state index contributed by atoms with van der Waals surface area (Å²) in [4.78, 5) is 23.4. The van der Waals surface area contributed by atoms with E-state index in [1.807, 2.05) is 12.1 Å². The number of thiazole rings is 1. The van der Waals surface area contributed by atoms with Crippen LogP contribution in [-0.2, 0) is 6.18 Å². The lowest BCUT2D eigenvalue weighted by molar-refractivity contribution is -0.142. The second-order valence-corrected chi connectivity index (χ2v) is 8.67. The van der Waals surface area contributed by atoms with Crippen LogP contribution < -0.4 is 0 Å². The van der Waals surface area contributed by atoms with Gasteiger partial charge in [-0.15, -0.1) is 11.3 Å². The van der Waals surface area contributed by atoms with E-state index in [0.717, 1.165) is 46.9 Å². The van der Waals surface area contributed by atoms with Crippen LogP contribution in [-0.4, -0.2) is 37.1 Å². The third-order valence-electron chi connectivity index (χ3n) is 5.34. The number of carbonyl (C=O) groups excluding carboxylic acids is 1. The van der Waals surface area contributed by atoms with Crippen molar-refractivity contribution in [1.29, 1.82) is 0 Å². The Morgan fingerprint density at radius 1 is 1.29 bits per heavy atom. The van der Waals surface area contributed by atoms with Crippen LogP contribution in [0.5, 0.6) is 0 Å². The van der Waals surface area contributed by atoms with Gasteiger partial charge in [0.1, 0.15) is 5.69 Å². The SMILES string of the molecule is CC(C)c1cc(C(F)(F)F)n(-c2nc(C(=O)N3CCCCC3c3cccnc3)cs2)n1. The molecule has 0 aromatic carbocycles. The lowest BCUT2D eigenvalue weighted by Gasteiger charge is -2.35. The van der Waals surface area contributed by atoms with Gasteiger partial charge in [0.25, 0.3) is 5.91 Å². The number of halogens is 3. The molecule has 4 rings (SSSR count). The zero-order valence-corrected chi connectivity index (χ0v) is 18.0. The first kappa shape index (κ1) is 21.5. The van der Waals surface area contributed by atoms with E-state index in [-0.39, 0.29) is 28.7 Å². The van der Waals surface area contributed by atoms with Gasteiger partial charge in [-0.05, 0) is 42.9 Å². The van der Waals surface area contributed by atoms with Gasteiger partial charge < -0.3 is 4.90 Å². The first-order valence-corrected chi connectivity index (χ1v) is 11.0. The molecule has 4 heterocycles. The Labute approximate surface area is 181 Å². The number of hydrogen-bond donors (Lipinski definition) is 0. The average Bonchev–Trinajstić information content (AvgIpc) is 3.41. The number of aromatic nitrogens is 4. The minimum Gasteiger partial charge on any atom is -0.330 e. The second-order valence-electron chi connectivity index (χ2n) is 7.83. The van der Waals surface area contributed by atoms with Crippen LogP contribution in [0.25, 0.3) is 5.13 Å². The Morgan fingerprint density at radius 2 is 2.10 bits per heavy atom. The van der Waals surface area contributed by atoms with Crippen LogP contribution >= 0.6 is 11.3 Å². The van der Waals surface area contributed by atoms with Gasteiger partial charge in [0.15, 0.2) is 5.69 Å². The molecule has 1 saturated heterocycles. The molecule has 1 atom stereocenters. The van der Waals surface area contributed by atoms with Crippen LogP contribution in [0.15, 0.2) is 36.0 Å². The highest BCUT2D eigenvalue weighted by Gasteiger charge is 2.38. The summed E-state index contributed by atoms with van der Waals surface area (Å²) in [6, 6.07) is 4.68. The van der Waals surface area contributed by atoms with Crippen molar-refractivity contribution in [3.8, 4) is 5.13 Å². The van der Waals surface area contributed by atoms with Crippen molar-refractivity contribution in [2.45, 2.75) is 51.2 Å². The maximum atomic E-state index is 13.5. The molecule has 31 heavy (non-hydrogen) atoms. The molecule has 1 aliphatic rings. The van der Waals surface area contributed by atoms with Crippen LogP contribution in [0.4, 0.5) is 13.2 Å². The number of carbonyl (C=O) groups is 1. The summed E-state index contributed by atoms with van der Waals surface area (Å²) in [5.74, 6) is -0.460. The van der Waals surface area contributed by atoms with Crippen LogP contribution in [0, 0.1) is 0 Å². The van der Waals surface area contributed by atoms with Crippen molar-refractivity contribution in [1.82, 2.24) is 24.6 Å². The molecule has 1 amide bonds. The number of nitrogens with zero attached hydrogens (tertiary/aromatic N) is 5. The van der Waals surface area contributed by atoms with E-state index < -0.39 is 11.9 Å². The number of piperidine rings is 1. The first-order chi connectivity index (χ1) is 14.8. The van der Waals surface area contributed by atoms with Gasteiger partial charge in [-0.3, -0.25) is 9.78 Å². The summed E-state index contributed by atoms with van der Waals surface area (Å²) in [6.45, 7) is 4.12. The summed E-state index contributed by atoms with van der Waals surface area (Å²) in [7, 11) is 0. The molecule has 0 bridgehead atoms. The molecule has 10 heteroatoms. The first-order valence-electron chi connectivity index (χ1n) is 10.1. The standard InChI is InChI=1S/C21H22F3N5OS/c1-13(2)15-10-18(21(22,23)24)29(27-15)20-26-16(12-31-20)19(30)28-9-4-3-7-17(28)14-6-5-8-25-11-14/h5-6,8,10-13,17H,3-4,7,9H2,1-2H3. The molecule has 1 fully saturated rings. The predicted molar refractivity (Wildman–Crippen MR) is 110 cm³/mol. The number of rotatable bonds is 4. The lowest BCUT2D eigenvalue weighted by atomic mass is 9.96. The largest absolute Gasteiger partial charge is 0.433 e. The summed E-state index contributed by atoms with van der Waals surface area (Å²) in [5, 5.41) is 5.63. The van der Waals surface area contributed by atoms with Crippen molar-refractivity contribution < 1.29 is 18.0 Å². The maximum Gasteiger partial charge on any atom is 0.433 e. The fraction of sp³-hybridized carbons (Fsp3) is 0.429. The molecule has 3 aromatic heterocycles. The summed E-state index contributed by atoms with van der Waals surface area (Å²) in [6.07, 6.45) is 1.52. The van der Waals surface area contributed by atoms with Crippen LogP contribution in [0.3, 0.4) is 0 Å². The Hall–Kier alpha value is -2.75. The number of amides is 1. The lowest BCUT2D eigenvalue weighted by Crippen LogP contribution is -2.38. The fourth-order valence-corrected chi connectivity index (χ4v) is 4.49. The van der Waals surface area contributed by atoms with E-state index in [9.17, 15) is 18.0 Å². The third-order valence-corrected chi connectivity index (χ3v) is 6.15. The van der Waals surface area contributed by atoms with Crippen LogP contribution in [0.1, 0.15) is 72.5 Å². The van der Waals surface area contributed by atoms with E-state index in [4.69, 9.17) is 0 Å². The molecule has 6 nitrogen and oxygen atoms in total. The molecule has 164 valence electrons. The number of pyridine rings is 1. The molecule has 0 N–H and O–H groups in total. The van der Waals surface area contributed by atoms with Crippen molar-refractivity contribution in [3.05, 3.63) is 58.6 Å². The maximum absolute atomic E-state index is 13.5. The van der Waals surface area contributed by atoms with Gasteiger partial charge in [-0.2, -0.15) is 18.3 Å². The van der Waals surface area contributed by atoms with E-state index in [2.05, 4.69) is 15.1 Å². The van der Waals surface area contributed by atoms with Gasteiger partial charge in [0, 0.05) is 24.3 Å². The third kappa shape index (κ3) is 4.34. The highest BCUT2D eigenvalue weighted by molar-refractivity contribution is 7.12. The Bertz CT molecular complexity index is 1060. The van der Waals surface area contributed by atoms with E-state index in [1.54, 1.807) is 31.1 Å². The van der Waals surface area contributed by atoms with Crippen molar-refractivity contribution >= 4 is 17.2 Å². The quantitative estimate of drug-likeness (QED) is 0.547. The summed E-state index contributed by atoms with van der Waals surface area (Å²) >= 11 is 0.977. The summed E-state index contributed by atoms with van der Waals surface area (Å²) < 4.78 is 41.4. The zero-order chi connectivity index (χ0) is 22.2. The number of likely N-dealkylation sites (tertiary alicyclic amines) is 1. The monoisotopic (exact) mass is 449 g/mol. The Kier molecular flexibility index (Phi) is 5.83. The predicted octanol–water partition coefficient (Wildman–Crippen LogP) is 5.23.